The third-order valence-corrected chi connectivity index (χ3v) is 11.4. The maximum Gasteiger partial charge on any atom is 0.407 e. The van der Waals surface area contributed by atoms with Crippen LogP contribution >= 0.6 is 0 Å². The molecule has 3 aromatic carbocycles. The van der Waals surface area contributed by atoms with Gasteiger partial charge in [0, 0.05) is 18.7 Å². The van der Waals surface area contributed by atoms with Crippen LogP contribution in [0.4, 0.5) is 4.79 Å². The highest BCUT2D eigenvalue weighted by Crippen LogP contribution is 2.31. The Morgan fingerprint density at radius 2 is 1.48 bits per heavy atom. The van der Waals surface area contributed by atoms with Crippen molar-refractivity contribution in [3.63, 3.8) is 0 Å². The summed E-state index contributed by atoms with van der Waals surface area (Å²) < 4.78 is 11.3. The van der Waals surface area contributed by atoms with Crippen molar-refractivity contribution in [2.75, 3.05) is 26.2 Å². The molecule has 2 fully saturated rings. The molecule has 1 aliphatic heterocycles. The van der Waals surface area contributed by atoms with Crippen LogP contribution in [0.15, 0.2) is 84.9 Å². The van der Waals surface area contributed by atoms with Crippen LogP contribution in [0.25, 0.3) is 0 Å². The molecule has 65 heavy (non-hydrogen) atoms. The number of ether oxygens (including phenoxy) is 2. The molecule has 348 valence electrons. The van der Waals surface area contributed by atoms with Crippen molar-refractivity contribution < 1.29 is 47.8 Å². The van der Waals surface area contributed by atoms with E-state index in [0.29, 0.717) is 41.9 Å². The third kappa shape index (κ3) is 14.6. The number of amides is 7. The topological polar surface area (TPSA) is 244 Å². The van der Waals surface area contributed by atoms with Gasteiger partial charge in [-0.1, -0.05) is 101 Å². The number of ketones is 1. The summed E-state index contributed by atoms with van der Waals surface area (Å²) in [5, 5.41) is 13.1. The SMILES string of the molecule is CCCC(NC(=O)[C@@H]1C[C@@H](CNC(=O)c2cccc(Oc3ccccc3)c2)CN1C(=O)[C@@H](NC(=O)OCC(C)C)C1CCCCC1)C(=O)C(=O)NCC(=O)N[C@H](C(N)=O)c1ccccc1. The van der Waals surface area contributed by atoms with Crippen molar-refractivity contribution in [3.8, 4) is 11.5 Å². The van der Waals surface area contributed by atoms with E-state index in [0.717, 1.165) is 19.3 Å². The van der Waals surface area contributed by atoms with Crippen molar-refractivity contribution >= 4 is 47.3 Å². The minimum atomic E-state index is -1.32. The molecule has 17 nitrogen and oxygen atoms in total. The Kier molecular flexibility index (Phi) is 18.4. The largest absolute Gasteiger partial charge is 0.457 e. The standard InChI is InChI=1S/C48H61N7O10/c1-4-15-37(42(57)46(61)51-27-39(56)53-40(43(49)58)32-16-8-5-9-17-32)52-45(60)38-24-31(26-50-44(59)34-20-14-23-36(25-34)65-35-21-12-7-13-22-35)28-55(38)47(62)41(33-18-10-6-11-19-33)54-48(63)64-29-30(2)3/h5,7-9,12-14,16-17,20-23,25,30-31,33,37-38,40-41H,4,6,10-11,15,18-19,24,26-29H2,1-3H3,(H2,49,58)(H,50,59)(H,51,61)(H,52,60)(H,53,56)(H,54,63)/t31-,37?,38-,40-,41-/m0/s1. The molecule has 1 aliphatic carbocycles. The minimum Gasteiger partial charge on any atom is -0.457 e. The number of rotatable bonds is 21. The molecule has 17 heteroatoms. The lowest BCUT2D eigenvalue weighted by molar-refractivity contribution is -0.143. The Bertz CT molecular complexity index is 2130. The highest BCUT2D eigenvalue weighted by Gasteiger charge is 2.45. The van der Waals surface area contributed by atoms with Crippen LogP contribution in [-0.2, 0) is 33.5 Å². The molecule has 2 aliphatic rings. The summed E-state index contributed by atoms with van der Waals surface area (Å²) in [6.45, 7) is 5.15. The maximum absolute atomic E-state index is 14.7. The smallest absolute Gasteiger partial charge is 0.407 e. The molecule has 0 aromatic heterocycles. The Labute approximate surface area is 379 Å². The normalized spacial score (nSPS) is 17.4. The van der Waals surface area contributed by atoms with Gasteiger partial charge in [0.15, 0.2) is 0 Å². The Morgan fingerprint density at radius 3 is 2.14 bits per heavy atom. The Hall–Kier alpha value is -6.78. The predicted molar refractivity (Wildman–Crippen MR) is 240 cm³/mol. The number of carbonyl (C=O) groups is 8. The highest BCUT2D eigenvalue weighted by atomic mass is 16.5. The summed E-state index contributed by atoms with van der Waals surface area (Å²) in [7, 11) is 0. The fraction of sp³-hybridized carbons (Fsp3) is 0.458. The zero-order chi connectivity index (χ0) is 46.9. The number of nitrogens with one attached hydrogen (secondary N) is 5. The number of hydrogen-bond donors (Lipinski definition) is 6. The molecule has 0 radical (unpaired) electrons. The van der Waals surface area contributed by atoms with E-state index in [4.69, 9.17) is 15.2 Å². The van der Waals surface area contributed by atoms with E-state index in [2.05, 4.69) is 26.6 Å². The van der Waals surface area contributed by atoms with Crippen molar-refractivity contribution in [1.82, 2.24) is 31.5 Å². The summed E-state index contributed by atoms with van der Waals surface area (Å²) in [4.78, 5) is 109. The summed E-state index contributed by atoms with van der Waals surface area (Å²) in [5.41, 5.74) is 6.26. The summed E-state index contributed by atoms with van der Waals surface area (Å²) in [6.07, 6.45) is 3.83. The quantitative estimate of drug-likeness (QED) is 0.0838. The first-order valence-corrected chi connectivity index (χ1v) is 22.3. The van der Waals surface area contributed by atoms with Crippen LogP contribution in [0, 0.1) is 17.8 Å². The van der Waals surface area contributed by atoms with Crippen molar-refractivity contribution in [2.24, 2.45) is 23.5 Å². The van der Waals surface area contributed by atoms with Crippen LogP contribution in [0.2, 0.25) is 0 Å². The molecular formula is C48H61N7O10. The number of benzene rings is 3. The second-order valence-electron chi connectivity index (χ2n) is 17.0. The number of nitrogens with zero attached hydrogens (tertiary/aromatic N) is 1. The van der Waals surface area contributed by atoms with Crippen LogP contribution in [-0.4, -0.2) is 96.6 Å². The van der Waals surface area contributed by atoms with Gasteiger partial charge < -0.3 is 46.7 Å². The number of Topliss-reactive ketones (excluding diaryl/α,β-unsaturated/α-hetero) is 1. The second-order valence-corrected chi connectivity index (χ2v) is 17.0. The van der Waals surface area contributed by atoms with Crippen molar-refractivity contribution in [2.45, 2.75) is 96.3 Å². The summed E-state index contributed by atoms with van der Waals surface area (Å²) in [5.74, 6) is -4.91. The van der Waals surface area contributed by atoms with Crippen molar-refractivity contribution in [1.29, 1.82) is 0 Å². The van der Waals surface area contributed by atoms with Crippen LogP contribution in [0.3, 0.4) is 0 Å². The van der Waals surface area contributed by atoms with Gasteiger partial charge in [0.25, 0.3) is 11.8 Å². The van der Waals surface area contributed by atoms with E-state index >= 15 is 0 Å². The van der Waals surface area contributed by atoms with Gasteiger partial charge in [-0.3, -0.25) is 33.6 Å². The van der Waals surface area contributed by atoms with E-state index in [1.54, 1.807) is 73.7 Å². The van der Waals surface area contributed by atoms with E-state index in [1.165, 1.54) is 4.90 Å². The number of alkyl carbamates (subject to hydrolysis) is 1. The Balaban J connectivity index is 1.31. The van der Waals surface area contributed by atoms with Gasteiger partial charge in [-0.25, -0.2) is 4.79 Å². The lowest BCUT2D eigenvalue weighted by atomic mass is 9.83. The first-order valence-electron chi connectivity index (χ1n) is 22.3. The minimum absolute atomic E-state index is 0.0393. The summed E-state index contributed by atoms with van der Waals surface area (Å²) in [6, 6.07) is 19.4. The first-order chi connectivity index (χ1) is 31.2. The lowest BCUT2D eigenvalue weighted by Gasteiger charge is -2.34. The molecule has 1 unspecified atom stereocenters. The number of hydrogen-bond acceptors (Lipinski definition) is 10. The molecule has 5 atom stereocenters. The number of nitrogens with two attached hydrogens (primary N) is 1. The zero-order valence-electron chi connectivity index (χ0n) is 37.2. The zero-order valence-corrected chi connectivity index (χ0v) is 37.2. The third-order valence-electron chi connectivity index (χ3n) is 11.4. The molecule has 1 heterocycles. The molecule has 5 rings (SSSR count). The van der Waals surface area contributed by atoms with Gasteiger partial charge in [0.2, 0.25) is 29.4 Å². The lowest BCUT2D eigenvalue weighted by Crippen LogP contribution is -2.58. The van der Waals surface area contributed by atoms with E-state index in [-0.39, 0.29) is 44.4 Å². The van der Waals surface area contributed by atoms with Crippen LogP contribution in [0.1, 0.15) is 94.1 Å². The molecule has 7 N–H and O–H groups in total. The van der Waals surface area contributed by atoms with Crippen LogP contribution < -0.4 is 37.1 Å². The van der Waals surface area contributed by atoms with Gasteiger partial charge >= 0.3 is 6.09 Å². The Morgan fingerprint density at radius 1 is 0.800 bits per heavy atom. The number of para-hydroxylation sites is 1. The predicted octanol–water partition coefficient (Wildman–Crippen LogP) is 4.07. The molecule has 0 spiro atoms. The molecule has 0 bridgehead atoms. The van der Waals surface area contributed by atoms with Crippen LogP contribution in [0.5, 0.6) is 11.5 Å². The molecule has 7 amide bonds. The first kappa shape index (κ1) is 49.2. The number of likely N-dealkylation sites (tertiary alicyclic amines) is 1. The maximum atomic E-state index is 14.7. The van der Waals surface area contributed by atoms with E-state index < -0.39 is 83.9 Å². The fourth-order valence-corrected chi connectivity index (χ4v) is 8.07. The van der Waals surface area contributed by atoms with Gasteiger partial charge in [-0.2, -0.15) is 0 Å². The average Bonchev–Trinajstić information content (AvgIpc) is 3.75. The molecule has 3 aromatic rings. The average molecular weight is 896 g/mol. The van der Waals surface area contributed by atoms with Crippen molar-refractivity contribution in [3.05, 3.63) is 96.1 Å². The molecule has 1 saturated carbocycles. The number of primary amides is 1. The van der Waals surface area contributed by atoms with E-state index in [9.17, 15) is 38.4 Å². The van der Waals surface area contributed by atoms with Gasteiger partial charge in [-0.15, -0.1) is 0 Å². The van der Waals surface area contributed by atoms with Gasteiger partial charge in [-0.05, 0) is 79.3 Å². The summed E-state index contributed by atoms with van der Waals surface area (Å²) >= 11 is 0. The monoisotopic (exact) mass is 895 g/mol. The van der Waals surface area contributed by atoms with Gasteiger partial charge in [0.05, 0.1) is 19.2 Å². The fourth-order valence-electron chi connectivity index (χ4n) is 8.07. The molecular weight excluding hydrogens is 835 g/mol. The highest BCUT2D eigenvalue weighted by molar-refractivity contribution is 6.38. The van der Waals surface area contributed by atoms with Gasteiger partial charge in [0.1, 0.15) is 29.6 Å². The second kappa shape index (κ2) is 24.3. The number of carbonyl (C=O) groups excluding carboxylic acids is 8. The molecule has 1 saturated heterocycles. The van der Waals surface area contributed by atoms with E-state index in [1.807, 2.05) is 32.0 Å².